The number of amides is 2. The number of carbonyl (C=O) groups excluding carboxylic acids is 3. The standard InChI is InChI=1S/C21H28N2O4S/c1-13(15-7-8-15)22-19(24)11-27-21(26)17-5-3-4-6-18(17)28-12-20(25)23-14(2)16-9-10-16/h3-6,13-16H,7-12H2,1-2H3,(H,22,24)(H,23,25)/t13-,14+/m0/s1. The van der Waals surface area contributed by atoms with E-state index in [4.69, 9.17) is 4.74 Å². The molecule has 2 amide bonds. The van der Waals surface area contributed by atoms with E-state index in [0.717, 1.165) is 12.8 Å². The maximum atomic E-state index is 12.4. The highest BCUT2D eigenvalue weighted by Crippen LogP contribution is 2.33. The largest absolute Gasteiger partial charge is 0.452 e. The molecule has 0 radical (unpaired) electrons. The van der Waals surface area contributed by atoms with E-state index >= 15 is 0 Å². The van der Waals surface area contributed by atoms with Crippen LogP contribution in [0, 0.1) is 11.8 Å². The fourth-order valence-electron chi connectivity index (χ4n) is 3.13. The van der Waals surface area contributed by atoms with E-state index in [1.165, 1.54) is 24.6 Å². The zero-order chi connectivity index (χ0) is 20.1. The molecule has 2 aliphatic carbocycles. The summed E-state index contributed by atoms with van der Waals surface area (Å²) in [6.45, 7) is 3.70. The Labute approximate surface area is 170 Å². The second-order valence-corrected chi connectivity index (χ2v) is 8.77. The lowest BCUT2D eigenvalue weighted by atomic mass is 10.2. The number of carbonyl (C=O) groups is 3. The Morgan fingerprint density at radius 3 is 2.18 bits per heavy atom. The first-order chi connectivity index (χ1) is 13.4. The molecule has 0 aliphatic heterocycles. The summed E-state index contributed by atoms with van der Waals surface area (Å²) in [6.07, 6.45) is 4.63. The Morgan fingerprint density at radius 2 is 1.57 bits per heavy atom. The molecular weight excluding hydrogens is 376 g/mol. The van der Waals surface area contributed by atoms with Crippen molar-refractivity contribution in [1.29, 1.82) is 0 Å². The third-order valence-electron chi connectivity index (χ3n) is 5.24. The highest BCUT2D eigenvalue weighted by atomic mass is 32.2. The summed E-state index contributed by atoms with van der Waals surface area (Å²) >= 11 is 1.30. The lowest BCUT2D eigenvalue weighted by Gasteiger charge is -2.14. The van der Waals surface area contributed by atoms with Gasteiger partial charge in [0, 0.05) is 17.0 Å². The average molecular weight is 405 g/mol. The van der Waals surface area contributed by atoms with E-state index < -0.39 is 5.97 Å². The molecule has 3 rings (SSSR count). The topological polar surface area (TPSA) is 84.5 Å². The summed E-state index contributed by atoms with van der Waals surface area (Å²) in [5.41, 5.74) is 0.374. The highest BCUT2D eigenvalue weighted by molar-refractivity contribution is 8.00. The molecule has 0 bridgehead atoms. The third kappa shape index (κ3) is 6.26. The summed E-state index contributed by atoms with van der Waals surface area (Å²) < 4.78 is 5.18. The van der Waals surface area contributed by atoms with Gasteiger partial charge in [-0.15, -0.1) is 11.8 Å². The van der Waals surface area contributed by atoms with Gasteiger partial charge in [0.25, 0.3) is 5.91 Å². The van der Waals surface area contributed by atoms with E-state index in [1.54, 1.807) is 18.2 Å². The van der Waals surface area contributed by atoms with Crippen LogP contribution in [0.25, 0.3) is 0 Å². The van der Waals surface area contributed by atoms with Crippen molar-refractivity contribution in [3.63, 3.8) is 0 Å². The van der Waals surface area contributed by atoms with Crippen LogP contribution in [0.15, 0.2) is 29.2 Å². The van der Waals surface area contributed by atoms with Crippen LogP contribution >= 0.6 is 11.8 Å². The summed E-state index contributed by atoms with van der Waals surface area (Å²) in [5, 5.41) is 5.87. The van der Waals surface area contributed by atoms with Crippen LogP contribution < -0.4 is 10.6 Å². The number of thioether (sulfide) groups is 1. The quantitative estimate of drug-likeness (QED) is 0.463. The van der Waals surface area contributed by atoms with Gasteiger partial charge in [0.15, 0.2) is 6.61 Å². The molecule has 2 N–H and O–H groups in total. The molecule has 0 spiro atoms. The highest BCUT2D eigenvalue weighted by Gasteiger charge is 2.30. The smallest absolute Gasteiger partial charge is 0.339 e. The van der Waals surface area contributed by atoms with Crippen molar-refractivity contribution >= 4 is 29.5 Å². The number of hydrogen-bond acceptors (Lipinski definition) is 5. The van der Waals surface area contributed by atoms with Gasteiger partial charge in [-0.3, -0.25) is 9.59 Å². The number of benzene rings is 1. The van der Waals surface area contributed by atoms with E-state index in [1.807, 2.05) is 19.9 Å². The van der Waals surface area contributed by atoms with Crippen LogP contribution in [-0.4, -0.2) is 42.2 Å². The van der Waals surface area contributed by atoms with Crippen molar-refractivity contribution in [1.82, 2.24) is 10.6 Å². The Hall–Kier alpha value is -2.02. The second-order valence-electron chi connectivity index (χ2n) is 7.75. The van der Waals surface area contributed by atoms with E-state index in [0.29, 0.717) is 22.3 Å². The molecule has 2 fully saturated rings. The maximum absolute atomic E-state index is 12.4. The van der Waals surface area contributed by atoms with Crippen molar-refractivity contribution in [3.8, 4) is 0 Å². The first kappa shape index (κ1) is 20.7. The Bertz CT molecular complexity index is 731. The predicted molar refractivity (Wildman–Crippen MR) is 108 cm³/mol. The molecule has 1 aromatic carbocycles. The first-order valence-corrected chi connectivity index (χ1v) is 10.9. The van der Waals surface area contributed by atoms with Gasteiger partial charge in [-0.05, 0) is 63.5 Å². The summed E-state index contributed by atoms with van der Waals surface area (Å²) in [4.78, 5) is 37.1. The molecule has 2 aliphatic rings. The molecule has 2 atom stereocenters. The van der Waals surface area contributed by atoms with Gasteiger partial charge < -0.3 is 15.4 Å². The van der Waals surface area contributed by atoms with Crippen molar-refractivity contribution in [2.75, 3.05) is 12.4 Å². The van der Waals surface area contributed by atoms with Gasteiger partial charge in [0.2, 0.25) is 5.91 Å². The maximum Gasteiger partial charge on any atom is 0.339 e. The Balaban J connectivity index is 1.47. The van der Waals surface area contributed by atoms with Gasteiger partial charge in [0.05, 0.1) is 11.3 Å². The normalized spacial score (nSPS) is 18.1. The fourth-order valence-corrected chi connectivity index (χ4v) is 3.98. The number of nitrogens with one attached hydrogen (secondary N) is 2. The van der Waals surface area contributed by atoms with Gasteiger partial charge in [0.1, 0.15) is 0 Å². The molecule has 0 saturated heterocycles. The summed E-state index contributed by atoms with van der Waals surface area (Å²) in [5.74, 6) is 0.507. The molecule has 0 unspecified atom stereocenters. The molecule has 28 heavy (non-hydrogen) atoms. The number of rotatable bonds is 10. The minimum absolute atomic E-state index is 0.0407. The van der Waals surface area contributed by atoms with Crippen LogP contribution in [-0.2, 0) is 14.3 Å². The van der Waals surface area contributed by atoms with Crippen molar-refractivity contribution in [2.24, 2.45) is 11.8 Å². The van der Waals surface area contributed by atoms with Crippen molar-refractivity contribution in [2.45, 2.75) is 56.5 Å². The van der Waals surface area contributed by atoms with Crippen molar-refractivity contribution < 1.29 is 19.1 Å². The average Bonchev–Trinajstić information content (AvgIpc) is 3.57. The molecule has 0 heterocycles. The van der Waals surface area contributed by atoms with E-state index in [-0.39, 0.29) is 36.3 Å². The number of ether oxygens (including phenoxy) is 1. The lowest BCUT2D eigenvalue weighted by Crippen LogP contribution is -2.37. The molecule has 0 aromatic heterocycles. The fraction of sp³-hybridized carbons (Fsp3) is 0.571. The van der Waals surface area contributed by atoms with Crippen LogP contribution in [0.4, 0.5) is 0 Å². The van der Waals surface area contributed by atoms with Gasteiger partial charge in [-0.1, -0.05) is 12.1 Å². The Kier molecular flexibility index (Phi) is 6.99. The van der Waals surface area contributed by atoms with E-state index in [2.05, 4.69) is 10.6 Å². The van der Waals surface area contributed by atoms with Gasteiger partial charge in [-0.2, -0.15) is 0 Å². The number of esters is 1. The monoisotopic (exact) mass is 404 g/mol. The minimum Gasteiger partial charge on any atom is -0.452 e. The van der Waals surface area contributed by atoms with Crippen molar-refractivity contribution in [3.05, 3.63) is 29.8 Å². The summed E-state index contributed by atoms with van der Waals surface area (Å²) in [7, 11) is 0. The zero-order valence-corrected chi connectivity index (χ0v) is 17.2. The first-order valence-electron chi connectivity index (χ1n) is 9.91. The van der Waals surface area contributed by atoms with Gasteiger partial charge in [-0.25, -0.2) is 4.79 Å². The lowest BCUT2D eigenvalue weighted by molar-refractivity contribution is -0.125. The molecular formula is C21H28N2O4S. The zero-order valence-electron chi connectivity index (χ0n) is 16.4. The van der Waals surface area contributed by atoms with Crippen LogP contribution in [0.5, 0.6) is 0 Å². The van der Waals surface area contributed by atoms with Gasteiger partial charge >= 0.3 is 5.97 Å². The van der Waals surface area contributed by atoms with Crippen LogP contribution in [0.1, 0.15) is 49.9 Å². The Morgan fingerprint density at radius 1 is 1.00 bits per heavy atom. The molecule has 6 nitrogen and oxygen atoms in total. The number of hydrogen-bond donors (Lipinski definition) is 2. The SMILES string of the molecule is C[C@H](NC(=O)COC(=O)c1ccccc1SCC(=O)N[C@H](C)C1CC1)C1CC1. The van der Waals surface area contributed by atoms with Crippen LogP contribution in [0.2, 0.25) is 0 Å². The predicted octanol–water partition coefficient (Wildman–Crippen LogP) is 2.76. The molecule has 1 aromatic rings. The second kappa shape index (κ2) is 9.45. The minimum atomic E-state index is -0.552. The van der Waals surface area contributed by atoms with Crippen LogP contribution in [0.3, 0.4) is 0 Å². The summed E-state index contributed by atoms with van der Waals surface area (Å²) in [6, 6.07) is 7.31. The molecule has 2 saturated carbocycles. The molecule has 152 valence electrons. The van der Waals surface area contributed by atoms with E-state index in [9.17, 15) is 14.4 Å². The molecule has 7 heteroatoms. The third-order valence-corrected chi connectivity index (χ3v) is 6.31.